The number of anilines is 1. The largest absolute Gasteiger partial charge is 0.485 e. The first-order chi connectivity index (χ1) is 7.30. The van der Waals surface area contributed by atoms with Gasteiger partial charge in [0.1, 0.15) is 12.4 Å². The Balaban J connectivity index is 2.84. The maximum absolute atomic E-state index is 12.0. The van der Waals surface area contributed by atoms with Crippen molar-refractivity contribution in [3.8, 4) is 5.75 Å². The second kappa shape index (κ2) is 4.68. The van der Waals surface area contributed by atoms with Crippen molar-refractivity contribution < 1.29 is 13.5 Å². The number of nitrogens with two attached hydrogens (primary N) is 1. The van der Waals surface area contributed by atoms with Gasteiger partial charge in [-0.1, -0.05) is 26.8 Å². The summed E-state index contributed by atoms with van der Waals surface area (Å²) in [7, 11) is 0. The van der Waals surface area contributed by atoms with E-state index in [4.69, 9.17) is 10.5 Å². The maximum Gasteiger partial charge on any atom is 0.272 e. The minimum Gasteiger partial charge on any atom is -0.485 e. The standard InChI is InChI=1S/C12H17F2NO/c1-12(2,3)8-4-5-10(9(15)6-8)16-7-11(13)14/h4-6,11H,7,15H2,1-3H3. The van der Waals surface area contributed by atoms with Crippen LogP contribution in [-0.4, -0.2) is 13.0 Å². The Morgan fingerprint density at radius 3 is 2.38 bits per heavy atom. The van der Waals surface area contributed by atoms with E-state index in [1.54, 1.807) is 12.1 Å². The number of nitrogen functional groups attached to an aromatic ring is 1. The highest BCUT2D eigenvalue weighted by Gasteiger charge is 2.15. The zero-order valence-electron chi connectivity index (χ0n) is 9.76. The lowest BCUT2D eigenvalue weighted by Crippen LogP contribution is -2.13. The molecular formula is C12H17F2NO. The van der Waals surface area contributed by atoms with E-state index in [9.17, 15) is 8.78 Å². The molecule has 0 bridgehead atoms. The van der Waals surface area contributed by atoms with Crippen molar-refractivity contribution in [3.05, 3.63) is 23.8 Å². The summed E-state index contributed by atoms with van der Waals surface area (Å²) in [5.41, 5.74) is 7.16. The quantitative estimate of drug-likeness (QED) is 0.808. The number of hydrogen-bond acceptors (Lipinski definition) is 2. The lowest BCUT2D eigenvalue weighted by atomic mass is 9.87. The Morgan fingerprint density at radius 1 is 1.31 bits per heavy atom. The molecular weight excluding hydrogens is 212 g/mol. The van der Waals surface area contributed by atoms with E-state index in [0.29, 0.717) is 11.4 Å². The fourth-order valence-corrected chi connectivity index (χ4v) is 1.30. The lowest BCUT2D eigenvalue weighted by Gasteiger charge is -2.20. The van der Waals surface area contributed by atoms with E-state index < -0.39 is 13.0 Å². The van der Waals surface area contributed by atoms with Gasteiger partial charge in [-0.2, -0.15) is 0 Å². The van der Waals surface area contributed by atoms with Crippen LogP contribution in [0.5, 0.6) is 5.75 Å². The number of benzene rings is 1. The molecule has 0 aliphatic carbocycles. The van der Waals surface area contributed by atoms with E-state index in [0.717, 1.165) is 5.56 Å². The van der Waals surface area contributed by atoms with Crippen molar-refractivity contribution in [3.63, 3.8) is 0 Å². The Bertz CT molecular complexity index is 359. The first-order valence-electron chi connectivity index (χ1n) is 5.11. The molecule has 0 atom stereocenters. The molecule has 0 fully saturated rings. The Hall–Kier alpha value is -1.32. The summed E-state index contributed by atoms with van der Waals surface area (Å²) < 4.78 is 28.8. The molecule has 0 radical (unpaired) electrons. The first-order valence-corrected chi connectivity index (χ1v) is 5.11. The lowest BCUT2D eigenvalue weighted by molar-refractivity contribution is 0.0823. The number of hydrogen-bond donors (Lipinski definition) is 1. The summed E-state index contributed by atoms with van der Waals surface area (Å²) in [4.78, 5) is 0. The predicted octanol–water partition coefficient (Wildman–Crippen LogP) is 3.21. The third kappa shape index (κ3) is 3.36. The molecule has 0 spiro atoms. The maximum atomic E-state index is 12.0. The van der Waals surface area contributed by atoms with Gasteiger partial charge in [-0.05, 0) is 23.1 Å². The summed E-state index contributed by atoms with van der Waals surface area (Å²) in [5, 5.41) is 0. The van der Waals surface area contributed by atoms with E-state index in [1.807, 2.05) is 6.07 Å². The molecule has 0 aromatic heterocycles. The topological polar surface area (TPSA) is 35.2 Å². The van der Waals surface area contributed by atoms with Crippen LogP contribution in [0.25, 0.3) is 0 Å². The zero-order valence-corrected chi connectivity index (χ0v) is 9.76. The van der Waals surface area contributed by atoms with Gasteiger partial charge < -0.3 is 10.5 Å². The molecule has 0 amide bonds. The van der Waals surface area contributed by atoms with E-state index in [1.165, 1.54) is 0 Å². The van der Waals surface area contributed by atoms with Crippen LogP contribution in [0.3, 0.4) is 0 Å². The molecule has 1 aromatic carbocycles. The summed E-state index contributed by atoms with van der Waals surface area (Å²) in [6.07, 6.45) is -2.48. The van der Waals surface area contributed by atoms with Crippen LogP contribution >= 0.6 is 0 Å². The van der Waals surface area contributed by atoms with Crippen LogP contribution < -0.4 is 10.5 Å². The minimum absolute atomic E-state index is 0.0185. The summed E-state index contributed by atoms with van der Waals surface area (Å²) in [5.74, 6) is 0.313. The Morgan fingerprint density at radius 2 is 1.94 bits per heavy atom. The van der Waals surface area contributed by atoms with Gasteiger partial charge in [0.15, 0.2) is 0 Å². The second-order valence-corrected chi connectivity index (χ2v) is 4.70. The average Bonchev–Trinajstić information content (AvgIpc) is 2.14. The number of alkyl halides is 2. The molecule has 0 saturated carbocycles. The SMILES string of the molecule is CC(C)(C)c1ccc(OCC(F)F)c(N)c1. The zero-order chi connectivity index (χ0) is 12.3. The smallest absolute Gasteiger partial charge is 0.272 e. The van der Waals surface area contributed by atoms with Crippen LogP contribution in [0.15, 0.2) is 18.2 Å². The van der Waals surface area contributed by atoms with Crippen LogP contribution in [0.2, 0.25) is 0 Å². The van der Waals surface area contributed by atoms with Gasteiger partial charge in [0.05, 0.1) is 5.69 Å². The summed E-state index contributed by atoms with van der Waals surface area (Å²) in [6, 6.07) is 5.25. The monoisotopic (exact) mass is 229 g/mol. The average molecular weight is 229 g/mol. The van der Waals surface area contributed by atoms with Crippen molar-refractivity contribution in [1.82, 2.24) is 0 Å². The normalized spacial score (nSPS) is 11.9. The number of halogens is 2. The molecule has 16 heavy (non-hydrogen) atoms. The number of rotatable bonds is 3. The van der Waals surface area contributed by atoms with E-state index >= 15 is 0 Å². The molecule has 2 N–H and O–H groups in total. The van der Waals surface area contributed by atoms with Gasteiger partial charge in [0.25, 0.3) is 6.43 Å². The van der Waals surface area contributed by atoms with E-state index in [-0.39, 0.29) is 5.41 Å². The van der Waals surface area contributed by atoms with Gasteiger partial charge in [0, 0.05) is 0 Å². The second-order valence-electron chi connectivity index (χ2n) is 4.70. The molecule has 0 heterocycles. The molecule has 0 saturated heterocycles. The molecule has 0 aliphatic rings. The predicted molar refractivity (Wildman–Crippen MR) is 61.1 cm³/mol. The van der Waals surface area contributed by atoms with Crippen LogP contribution in [0.1, 0.15) is 26.3 Å². The fraction of sp³-hybridized carbons (Fsp3) is 0.500. The minimum atomic E-state index is -2.48. The van der Waals surface area contributed by atoms with Crippen LogP contribution in [-0.2, 0) is 5.41 Å². The molecule has 1 rings (SSSR count). The molecule has 1 aromatic rings. The van der Waals surface area contributed by atoms with Crippen molar-refractivity contribution in [2.75, 3.05) is 12.3 Å². The molecule has 90 valence electrons. The summed E-state index contributed by atoms with van der Waals surface area (Å²) in [6.45, 7) is 5.55. The Kier molecular flexibility index (Phi) is 3.73. The highest BCUT2D eigenvalue weighted by molar-refractivity contribution is 5.55. The first kappa shape index (κ1) is 12.7. The van der Waals surface area contributed by atoms with Crippen molar-refractivity contribution >= 4 is 5.69 Å². The van der Waals surface area contributed by atoms with Gasteiger partial charge in [-0.15, -0.1) is 0 Å². The van der Waals surface area contributed by atoms with E-state index in [2.05, 4.69) is 20.8 Å². The fourth-order valence-electron chi connectivity index (χ4n) is 1.30. The number of ether oxygens (including phenoxy) is 1. The van der Waals surface area contributed by atoms with Crippen LogP contribution in [0, 0.1) is 0 Å². The third-order valence-corrected chi connectivity index (χ3v) is 2.24. The van der Waals surface area contributed by atoms with Gasteiger partial charge >= 0.3 is 0 Å². The Labute approximate surface area is 94.4 Å². The van der Waals surface area contributed by atoms with Gasteiger partial charge in [0.2, 0.25) is 0 Å². The van der Waals surface area contributed by atoms with Crippen molar-refractivity contribution in [1.29, 1.82) is 0 Å². The molecule has 4 heteroatoms. The van der Waals surface area contributed by atoms with Crippen molar-refractivity contribution in [2.45, 2.75) is 32.6 Å². The molecule has 0 aliphatic heterocycles. The molecule has 0 unspecified atom stereocenters. The van der Waals surface area contributed by atoms with Gasteiger partial charge in [-0.3, -0.25) is 0 Å². The van der Waals surface area contributed by atoms with Gasteiger partial charge in [-0.25, -0.2) is 8.78 Å². The molecule has 2 nitrogen and oxygen atoms in total. The van der Waals surface area contributed by atoms with Crippen LogP contribution in [0.4, 0.5) is 14.5 Å². The highest BCUT2D eigenvalue weighted by Crippen LogP contribution is 2.29. The highest BCUT2D eigenvalue weighted by atomic mass is 19.3. The summed E-state index contributed by atoms with van der Waals surface area (Å²) >= 11 is 0. The third-order valence-electron chi connectivity index (χ3n) is 2.24. The van der Waals surface area contributed by atoms with Crippen molar-refractivity contribution in [2.24, 2.45) is 0 Å².